The minimum atomic E-state index is -0.194. The van der Waals surface area contributed by atoms with Gasteiger partial charge >= 0.3 is 0 Å². The Balaban J connectivity index is 1.68. The van der Waals surface area contributed by atoms with E-state index in [-0.39, 0.29) is 17.9 Å². The molecule has 25 heavy (non-hydrogen) atoms. The van der Waals surface area contributed by atoms with Crippen LogP contribution in [-0.4, -0.2) is 24.5 Å². The molecule has 5 nitrogen and oxygen atoms in total. The van der Waals surface area contributed by atoms with Gasteiger partial charge in [-0.15, -0.1) is 0 Å². The molecule has 0 atom stereocenters. The van der Waals surface area contributed by atoms with Gasteiger partial charge in [0.25, 0.3) is 5.91 Å². The third-order valence-corrected chi connectivity index (χ3v) is 3.98. The molecule has 1 aliphatic heterocycles. The van der Waals surface area contributed by atoms with Gasteiger partial charge in [0.1, 0.15) is 5.75 Å². The lowest BCUT2D eigenvalue weighted by atomic mass is 10.1. The molecule has 130 valence electrons. The standard InChI is InChI=1S/C20H22N2O3/c1-14(2)25-18-6-3-5-16(13-18)21-20(24)15-8-10-17(11-9-15)22-12-4-7-19(22)23/h3,5-6,8-11,13-14H,4,7,12H2,1-2H3,(H,21,24). The first-order chi connectivity index (χ1) is 12.0. The van der Waals surface area contributed by atoms with E-state index >= 15 is 0 Å². The van der Waals surface area contributed by atoms with Crippen LogP contribution >= 0.6 is 0 Å². The molecule has 3 rings (SSSR count). The zero-order valence-corrected chi connectivity index (χ0v) is 14.5. The average molecular weight is 338 g/mol. The Morgan fingerprint density at radius 1 is 1.16 bits per heavy atom. The van der Waals surface area contributed by atoms with Crippen LogP contribution in [0.2, 0.25) is 0 Å². The first-order valence-corrected chi connectivity index (χ1v) is 8.51. The summed E-state index contributed by atoms with van der Waals surface area (Å²) in [4.78, 5) is 25.9. The highest BCUT2D eigenvalue weighted by molar-refractivity contribution is 6.05. The van der Waals surface area contributed by atoms with Crippen molar-refractivity contribution in [1.82, 2.24) is 0 Å². The summed E-state index contributed by atoms with van der Waals surface area (Å²) < 4.78 is 5.64. The monoisotopic (exact) mass is 338 g/mol. The Morgan fingerprint density at radius 2 is 1.92 bits per heavy atom. The maximum atomic E-state index is 12.4. The number of carbonyl (C=O) groups is 2. The second-order valence-electron chi connectivity index (χ2n) is 6.34. The van der Waals surface area contributed by atoms with Crippen molar-refractivity contribution in [3.8, 4) is 5.75 Å². The molecular formula is C20H22N2O3. The van der Waals surface area contributed by atoms with Gasteiger partial charge in [-0.2, -0.15) is 0 Å². The zero-order chi connectivity index (χ0) is 17.8. The Labute approximate surface area is 147 Å². The van der Waals surface area contributed by atoms with Crippen molar-refractivity contribution in [2.24, 2.45) is 0 Å². The minimum Gasteiger partial charge on any atom is -0.491 e. The van der Waals surface area contributed by atoms with Crippen LogP contribution in [0.25, 0.3) is 0 Å². The Bertz CT molecular complexity index is 769. The number of nitrogens with zero attached hydrogens (tertiary/aromatic N) is 1. The summed E-state index contributed by atoms with van der Waals surface area (Å²) in [5.74, 6) is 0.663. The Kier molecular flexibility index (Phi) is 5.03. The molecule has 0 unspecified atom stereocenters. The molecule has 0 aliphatic carbocycles. The van der Waals surface area contributed by atoms with Gasteiger partial charge < -0.3 is 15.0 Å². The van der Waals surface area contributed by atoms with E-state index < -0.39 is 0 Å². The lowest BCUT2D eigenvalue weighted by Crippen LogP contribution is -2.23. The van der Waals surface area contributed by atoms with Crippen LogP contribution in [0.1, 0.15) is 37.0 Å². The van der Waals surface area contributed by atoms with Crippen LogP contribution in [0.5, 0.6) is 5.75 Å². The maximum absolute atomic E-state index is 12.4. The molecule has 5 heteroatoms. The van der Waals surface area contributed by atoms with Gasteiger partial charge in [0.2, 0.25) is 5.91 Å². The van der Waals surface area contributed by atoms with Crippen molar-refractivity contribution >= 4 is 23.2 Å². The number of amides is 2. The molecule has 0 bridgehead atoms. The SMILES string of the molecule is CC(C)Oc1cccc(NC(=O)c2ccc(N3CCCC3=O)cc2)c1. The summed E-state index contributed by atoms with van der Waals surface area (Å²) in [5, 5.41) is 2.87. The summed E-state index contributed by atoms with van der Waals surface area (Å²) in [6, 6.07) is 14.4. The zero-order valence-electron chi connectivity index (χ0n) is 14.5. The fraction of sp³-hybridized carbons (Fsp3) is 0.300. The highest BCUT2D eigenvalue weighted by Crippen LogP contribution is 2.23. The minimum absolute atomic E-state index is 0.0757. The van der Waals surface area contributed by atoms with E-state index in [2.05, 4.69) is 5.32 Å². The fourth-order valence-electron chi connectivity index (χ4n) is 2.84. The Morgan fingerprint density at radius 3 is 2.56 bits per heavy atom. The average Bonchev–Trinajstić information content (AvgIpc) is 3.01. The van der Waals surface area contributed by atoms with E-state index in [1.54, 1.807) is 23.1 Å². The van der Waals surface area contributed by atoms with E-state index in [0.29, 0.717) is 17.7 Å². The molecule has 1 saturated heterocycles. The lowest BCUT2D eigenvalue weighted by Gasteiger charge is -2.16. The van der Waals surface area contributed by atoms with E-state index in [9.17, 15) is 9.59 Å². The molecule has 1 fully saturated rings. The van der Waals surface area contributed by atoms with E-state index in [4.69, 9.17) is 4.74 Å². The third kappa shape index (κ3) is 4.18. The molecule has 0 radical (unpaired) electrons. The van der Waals surface area contributed by atoms with Crippen LogP contribution in [0, 0.1) is 0 Å². The summed E-state index contributed by atoms with van der Waals surface area (Å²) in [6.45, 7) is 4.66. The molecule has 0 saturated carbocycles. The third-order valence-electron chi connectivity index (χ3n) is 3.98. The van der Waals surface area contributed by atoms with Crippen molar-refractivity contribution in [3.05, 3.63) is 54.1 Å². The second-order valence-corrected chi connectivity index (χ2v) is 6.34. The molecule has 2 aromatic carbocycles. The smallest absolute Gasteiger partial charge is 0.255 e. The number of hydrogen-bond acceptors (Lipinski definition) is 3. The van der Waals surface area contributed by atoms with Crippen molar-refractivity contribution < 1.29 is 14.3 Å². The lowest BCUT2D eigenvalue weighted by molar-refractivity contribution is -0.117. The summed E-state index contributed by atoms with van der Waals surface area (Å²) >= 11 is 0. The van der Waals surface area contributed by atoms with Crippen LogP contribution in [0.15, 0.2) is 48.5 Å². The number of rotatable bonds is 5. The van der Waals surface area contributed by atoms with Crippen molar-refractivity contribution in [1.29, 1.82) is 0 Å². The molecule has 1 heterocycles. The predicted molar refractivity (Wildman–Crippen MR) is 98.2 cm³/mol. The van der Waals surface area contributed by atoms with Gasteiger partial charge in [0.15, 0.2) is 0 Å². The predicted octanol–water partition coefficient (Wildman–Crippen LogP) is 3.85. The topological polar surface area (TPSA) is 58.6 Å². The fourth-order valence-corrected chi connectivity index (χ4v) is 2.84. The number of hydrogen-bond donors (Lipinski definition) is 1. The van der Waals surface area contributed by atoms with Gasteiger partial charge in [-0.3, -0.25) is 9.59 Å². The maximum Gasteiger partial charge on any atom is 0.255 e. The quantitative estimate of drug-likeness (QED) is 0.901. The molecule has 1 aliphatic rings. The van der Waals surface area contributed by atoms with Gasteiger partial charge in [-0.05, 0) is 56.7 Å². The van der Waals surface area contributed by atoms with Crippen LogP contribution < -0.4 is 15.0 Å². The first-order valence-electron chi connectivity index (χ1n) is 8.51. The number of ether oxygens (including phenoxy) is 1. The van der Waals surface area contributed by atoms with E-state index in [0.717, 1.165) is 24.4 Å². The van der Waals surface area contributed by atoms with Crippen LogP contribution in [-0.2, 0) is 4.79 Å². The first kappa shape index (κ1) is 17.0. The van der Waals surface area contributed by atoms with E-state index in [1.807, 2.05) is 44.2 Å². The molecule has 0 aromatic heterocycles. The second kappa shape index (κ2) is 7.38. The summed E-state index contributed by atoms with van der Waals surface area (Å²) in [6.07, 6.45) is 1.55. The normalized spacial score (nSPS) is 14.0. The molecule has 1 N–H and O–H groups in total. The highest BCUT2D eigenvalue weighted by Gasteiger charge is 2.21. The van der Waals surface area contributed by atoms with Gasteiger partial charge in [-0.25, -0.2) is 0 Å². The highest BCUT2D eigenvalue weighted by atomic mass is 16.5. The van der Waals surface area contributed by atoms with Gasteiger partial charge in [0.05, 0.1) is 6.10 Å². The molecule has 2 amide bonds. The van der Waals surface area contributed by atoms with Crippen LogP contribution in [0.3, 0.4) is 0 Å². The molecular weight excluding hydrogens is 316 g/mol. The number of carbonyl (C=O) groups excluding carboxylic acids is 2. The molecule has 0 spiro atoms. The number of nitrogens with one attached hydrogen (secondary N) is 1. The van der Waals surface area contributed by atoms with Gasteiger partial charge in [0, 0.05) is 36.0 Å². The summed E-state index contributed by atoms with van der Waals surface area (Å²) in [7, 11) is 0. The van der Waals surface area contributed by atoms with Crippen molar-refractivity contribution in [2.75, 3.05) is 16.8 Å². The number of benzene rings is 2. The number of anilines is 2. The van der Waals surface area contributed by atoms with E-state index in [1.165, 1.54) is 0 Å². The Hall–Kier alpha value is -2.82. The van der Waals surface area contributed by atoms with Crippen LogP contribution in [0.4, 0.5) is 11.4 Å². The van der Waals surface area contributed by atoms with Crippen molar-refractivity contribution in [3.63, 3.8) is 0 Å². The summed E-state index contributed by atoms with van der Waals surface area (Å²) in [5.41, 5.74) is 2.07. The van der Waals surface area contributed by atoms with Crippen molar-refractivity contribution in [2.45, 2.75) is 32.8 Å². The van der Waals surface area contributed by atoms with Gasteiger partial charge in [-0.1, -0.05) is 6.07 Å². The largest absolute Gasteiger partial charge is 0.491 e. The molecule has 2 aromatic rings.